The van der Waals surface area contributed by atoms with E-state index in [2.05, 4.69) is 0 Å². The lowest BCUT2D eigenvalue weighted by molar-refractivity contribution is -0.0428. The minimum Gasteiger partial charge on any atom is -0.367 e. The van der Waals surface area contributed by atoms with E-state index in [1.54, 1.807) is 6.92 Å². The van der Waals surface area contributed by atoms with Gasteiger partial charge in [0.1, 0.15) is 17.2 Å². The smallest absolute Gasteiger partial charge is 0.197 e. The van der Waals surface area contributed by atoms with Crippen LogP contribution in [0.4, 0.5) is 8.78 Å². The summed E-state index contributed by atoms with van der Waals surface area (Å²) in [4.78, 5) is 12.2. The molecule has 0 bridgehead atoms. The van der Waals surface area contributed by atoms with E-state index in [4.69, 9.17) is 4.74 Å². The first-order chi connectivity index (χ1) is 8.03. The molecule has 0 N–H and O–H groups in total. The van der Waals surface area contributed by atoms with Crippen molar-refractivity contribution in [3.63, 3.8) is 0 Å². The van der Waals surface area contributed by atoms with Gasteiger partial charge in [0.2, 0.25) is 0 Å². The van der Waals surface area contributed by atoms with E-state index >= 15 is 0 Å². The summed E-state index contributed by atoms with van der Waals surface area (Å²) in [7, 11) is 0. The number of halogens is 2. The van der Waals surface area contributed by atoms with Gasteiger partial charge in [-0.05, 0) is 44.4 Å². The minimum atomic E-state index is -1.02. The Hall–Kier alpha value is -1.29. The number of rotatable bonds is 2. The maximum atomic E-state index is 13.5. The molecule has 4 heteroatoms. The zero-order valence-corrected chi connectivity index (χ0v) is 9.63. The Balaban J connectivity index is 2.32. The Kier molecular flexibility index (Phi) is 3.24. The van der Waals surface area contributed by atoms with Crippen LogP contribution in [-0.2, 0) is 4.74 Å². The van der Waals surface area contributed by atoms with Crippen molar-refractivity contribution >= 4 is 5.78 Å². The molecule has 1 heterocycles. The minimum absolute atomic E-state index is 0.227. The van der Waals surface area contributed by atoms with Crippen LogP contribution >= 0.6 is 0 Å². The first-order valence-corrected chi connectivity index (χ1v) is 5.67. The van der Waals surface area contributed by atoms with Crippen LogP contribution in [0.25, 0.3) is 0 Å². The summed E-state index contributed by atoms with van der Waals surface area (Å²) < 4.78 is 32.0. The summed E-state index contributed by atoms with van der Waals surface area (Å²) in [5.41, 5.74) is -1.25. The largest absolute Gasteiger partial charge is 0.367 e. The normalized spacial score (nSPS) is 24.6. The van der Waals surface area contributed by atoms with E-state index in [-0.39, 0.29) is 5.56 Å². The second kappa shape index (κ2) is 4.53. The number of Topliss-reactive ketones (excluding diaryl/α,β-unsaturated/α-hetero) is 1. The van der Waals surface area contributed by atoms with E-state index < -0.39 is 23.0 Å². The monoisotopic (exact) mass is 240 g/mol. The molecule has 1 aromatic carbocycles. The van der Waals surface area contributed by atoms with Crippen LogP contribution in [0.1, 0.15) is 36.5 Å². The summed E-state index contributed by atoms with van der Waals surface area (Å²) in [5.74, 6) is -1.80. The highest BCUT2D eigenvalue weighted by Crippen LogP contribution is 2.29. The molecule has 1 fully saturated rings. The SMILES string of the molecule is CC1(C(=O)c2cc(F)ccc2F)CCCCO1. The van der Waals surface area contributed by atoms with E-state index in [0.717, 1.165) is 31.0 Å². The fraction of sp³-hybridized carbons (Fsp3) is 0.462. The van der Waals surface area contributed by atoms with Gasteiger partial charge in [-0.2, -0.15) is 0 Å². The number of hydrogen-bond acceptors (Lipinski definition) is 2. The van der Waals surface area contributed by atoms with Crippen molar-refractivity contribution in [3.05, 3.63) is 35.4 Å². The van der Waals surface area contributed by atoms with Gasteiger partial charge < -0.3 is 4.74 Å². The van der Waals surface area contributed by atoms with Crippen molar-refractivity contribution in [2.75, 3.05) is 6.61 Å². The van der Waals surface area contributed by atoms with Gasteiger partial charge in [-0.15, -0.1) is 0 Å². The first kappa shape index (κ1) is 12.2. The highest BCUT2D eigenvalue weighted by Gasteiger charge is 2.37. The van der Waals surface area contributed by atoms with Crippen molar-refractivity contribution in [2.24, 2.45) is 0 Å². The maximum Gasteiger partial charge on any atom is 0.197 e. The number of ether oxygens (including phenoxy) is 1. The van der Waals surface area contributed by atoms with Crippen molar-refractivity contribution in [2.45, 2.75) is 31.8 Å². The van der Waals surface area contributed by atoms with Crippen LogP contribution in [0, 0.1) is 11.6 Å². The van der Waals surface area contributed by atoms with Crippen molar-refractivity contribution in [1.82, 2.24) is 0 Å². The molecule has 92 valence electrons. The Bertz CT molecular complexity index is 437. The predicted molar refractivity (Wildman–Crippen MR) is 58.9 cm³/mol. The van der Waals surface area contributed by atoms with Gasteiger partial charge in [0.05, 0.1) is 5.56 Å². The molecule has 0 radical (unpaired) electrons. The van der Waals surface area contributed by atoms with E-state index in [1.807, 2.05) is 0 Å². The summed E-state index contributed by atoms with van der Waals surface area (Å²) in [6, 6.07) is 2.89. The molecule has 2 nitrogen and oxygen atoms in total. The summed E-state index contributed by atoms with van der Waals surface area (Å²) >= 11 is 0. The molecular formula is C13H14F2O2. The van der Waals surface area contributed by atoms with E-state index in [0.29, 0.717) is 13.0 Å². The Morgan fingerprint density at radius 3 is 2.76 bits per heavy atom. The summed E-state index contributed by atoms with van der Waals surface area (Å²) in [6.45, 7) is 2.12. The van der Waals surface area contributed by atoms with Gasteiger partial charge in [-0.3, -0.25) is 4.79 Å². The molecule has 0 spiro atoms. The Morgan fingerprint density at radius 1 is 1.35 bits per heavy atom. The molecular weight excluding hydrogens is 226 g/mol. The second-order valence-corrected chi connectivity index (χ2v) is 4.49. The van der Waals surface area contributed by atoms with Gasteiger partial charge in [-0.1, -0.05) is 0 Å². The fourth-order valence-corrected chi connectivity index (χ4v) is 2.07. The van der Waals surface area contributed by atoms with Gasteiger partial charge in [0, 0.05) is 6.61 Å². The molecule has 0 aliphatic carbocycles. The van der Waals surface area contributed by atoms with Crippen LogP contribution in [0.15, 0.2) is 18.2 Å². The standard InChI is InChI=1S/C13H14F2O2/c1-13(6-2-3-7-17-13)12(16)10-8-9(14)4-5-11(10)15/h4-5,8H,2-3,6-7H2,1H3. The summed E-state index contributed by atoms with van der Waals surface area (Å²) in [5, 5.41) is 0. The number of carbonyl (C=O) groups excluding carboxylic acids is 1. The van der Waals surface area contributed by atoms with Gasteiger partial charge >= 0.3 is 0 Å². The van der Waals surface area contributed by atoms with Crippen molar-refractivity contribution < 1.29 is 18.3 Å². The molecule has 1 aromatic rings. The van der Waals surface area contributed by atoms with Gasteiger partial charge in [0.15, 0.2) is 5.78 Å². The third-order valence-electron chi connectivity index (χ3n) is 3.12. The molecule has 1 unspecified atom stereocenters. The molecule has 2 rings (SSSR count). The van der Waals surface area contributed by atoms with Crippen LogP contribution in [0.3, 0.4) is 0 Å². The molecule has 0 saturated carbocycles. The van der Waals surface area contributed by atoms with Crippen LogP contribution in [-0.4, -0.2) is 18.0 Å². The maximum absolute atomic E-state index is 13.5. The quantitative estimate of drug-likeness (QED) is 0.742. The molecule has 0 amide bonds. The number of benzene rings is 1. The lowest BCUT2D eigenvalue weighted by Gasteiger charge is -2.32. The Labute approximate surface area is 98.6 Å². The first-order valence-electron chi connectivity index (χ1n) is 5.67. The molecule has 17 heavy (non-hydrogen) atoms. The molecule has 1 atom stereocenters. The average molecular weight is 240 g/mol. The topological polar surface area (TPSA) is 26.3 Å². The highest BCUT2D eigenvalue weighted by molar-refractivity contribution is 6.02. The zero-order chi connectivity index (χ0) is 12.5. The van der Waals surface area contributed by atoms with Gasteiger partial charge in [0.25, 0.3) is 0 Å². The predicted octanol–water partition coefficient (Wildman–Crippen LogP) is 3.11. The van der Waals surface area contributed by atoms with Crippen LogP contribution in [0.2, 0.25) is 0 Å². The Morgan fingerprint density at radius 2 is 2.12 bits per heavy atom. The molecule has 1 aliphatic rings. The molecule has 0 aromatic heterocycles. The lowest BCUT2D eigenvalue weighted by atomic mass is 9.87. The lowest BCUT2D eigenvalue weighted by Crippen LogP contribution is -2.41. The molecule has 1 aliphatic heterocycles. The van der Waals surface area contributed by atoms with Crippen molar-refractivity contribution in [3.8, 4) is 0 Å². The third-order valence-corrected chi connectivity index (χ3v) is 3.12. The number of carbonyl (C=O) groups is 1. The third kappa shape index (κ3) is 2.36. The van der Waals surface area contributed by atoms with E-state index in [9.17, 15) is 13.6 Å². The van der Waals surface area contributed by atoms with Crippen molar-refractivity contribution in [1.29, 1.82) is 0 Å². The van der Waals surface area contributed by atoms with Crippen LogP contribution < -0.4 is 0 Å². The fourth-order valence-electron chi connectivity index (χ4n) is 2.07. The van der Waals surface area contributed by atoms with Gasteiger partial charge in [-0.25, -0.2) is 8.78 Å². The average Bonchev–Trinajstić information content (AvgIpc) is 2.32. The van der Waals surface area contributed by atoms with E-state index in [1.165, 1.54) is 0 Å². The number of hydrogen-bond donors (Lipinski definition) is 0. The summed E-state index contributed by atoms with van der Waals surface area (Å²) in [6.07, 6.45) is 2.30. The highest BCUT2D eigenvalue weighted by atomic mass is 19.1. The number of ketones is 1. The molecule has 1 saturated heterocycles. The zero-order valence-electron chi connectivity index (χ0n) is 9.63. The second-order valence-electron chi connectivity index (χ2n) is 4.49. The van der Waals surface area contributed by atoms with Crippen LogP contribution in [0.5, 0.6) is 0 Å².